The van der Waals surface area contributed by atoms with Crippen molar-refractivity contribution in [3.8, 4) is 0 Å². The summed E-state index contributed by atoms with van der Waals surface area (Å²) in [6.45, 7) is 6.84. The molecule has 0 atom stereocenters. The van der Waals surface area contributed by atoms with E-state index in [-0.39, 0.29) is 38.5 Å². The molecule has 0 aliphatic rings. The van der Waals surface area contributed by atoms with Crippen LogP contribution in [0.25, 0.3) is 0 Å². The van der Waals surface area contributed by atoms with E-state index in [2.05, 4.69) is 0 Å². The van der Waals surface area contributed by atoms with Crippen LogP contribution in [-0.4, -0.2) is 44.5 Å². The van der Waals surface area contributed by atoms with E-state index in [1.165, 1.54) is 13.8 Å². The van der Waals surface area contributed by atoms with Gasteiger partial charge in [0.2, 0.25) is 0 Å². The minimum atomic E-state index is -3.15. The Morgan fingerprint density at radius 2 is 1.38 bits per heavy atom. The van der Waals surface area contributed by atoms with Gasteiger partial charge in [-0.2, -0.15) is 0 Å². The van der Waals surface area contributed by atoms with Crippen LogP contribution in [0.4, 0.5) is 0 Å². The fraction of sp³-hybridized carbons (Fsp3) is 0.846. The van der Waals surface area contributed by atoms with E-state index in [1.54, 1.807) is 13.8 Å². The van der Waals surface area contributed by atoms with E-state index < -0.39 is 19.5 Å². The fourth-order valence-electron chi connectivity index (χ4n) is 1.59. The first-order valence-corrected chi connectivity index (χ1v) is 8.70. The Labute approximate surface area is 125 Å². The van der Waals surface area contributed by atoms with Gasteiger partial charge >= 0.3 is 19.5 Å². The first-order valence-electron chi connectivity index (χ1n) is 6.97. The highest BCUT2D eigenvalue weighted by atomic mass is 31.2. The summed E-state index contributed by atoms with van der Waals surface area (Å²) >= 11 is 0. The maximum Gasteiger partial charge on any atom is 0.330 e. The molecule has 0 fully saturated rings. The molecule has 0 rings (SSSR count). The van der Waals surface area contributed by atoms with Crippen LogP contribution in [0.3, 0.4) is 0 Å². The second kappa shape index (κ2) is 10.8. The molecule has 0 radical (unpaired) electrons. The SMILES string of the molecule is CCOP(=O)(CCC(COC(C)=O)COC(C)=O)OCC. The number of carbonyl (C=O) groups excluding carboxylic acids is 2. The molecule has 0 aromatic rings. The molecule has 0 amide bonds. The molecule has 0 N–H and O–H groups in total. The average Bonchev–Trinajstić information content (AvgIpc) is 2.38. The zero-order valence-electron chi connectivity index (χ0n) is 13.1. The Morgan fingerprint density at radius 3 is 1.71 bits per heavy atom. The lowest BCUT2D eigenvalue weighted by Gasteiger charge is -2.20. The molecular formula is C13H25O7P. The van der Waals surface area contributed by atoms with E-state index >= 15 is 0 Å². The molecule has 0 saturated heterocycles. The minimum Gasteiger partial charge on any atom is -0.465 e. The van der Waals surface area contributed by atoms with Crippen LogP contribution in [0.15, 0.2) is 0 Å². The van der Waals surface area contributed by atoms with E-state index in [1.807, 2.05) is 0 Å². The Hall–Kier alpha value is -0.910. The van der Waals surface area contributed by atoms with Gasteiger partial charge < -0.3 is 18.5 Å². The normalized spacial score (nSPS) is 11.5. The predicted octanol–water partition coefficient (Wildman–Crippen LogP) is 2.39. The van der Waals surface area contributed by atoms with Crippen molar-refractivity contribution in [2.24, 2.45) is 5.92 Å². The van der Waals surface area contributed by atoms with Gasteiger partial charge in [-0.3, -0.25) is 14.2 Å². The van der Waals surface area contributed by atoms with Gasteiger partial charge in [0.15, 0.2) is 0 Å². The van der Waals surface area contributed by atoms with Crippen molar-refractivity contribution in [1.29, 1.82) is 0 Å². The lowest BCUT2D eigenvalue weighted by molar-refractivity contribution is -0.146. The average molecular weight is 324 g/mol. The lowest BCUT2D eigenvalue weighted by atomic mass is 10.1. The molecule has 0 aliphatic heterocycles. The molecule has 0 unspecified atom stereocenters. The quantitative estimate of drug-likeness (QED) is 0.426. The molecule has 8 heteroatoms. The first-order chi connectivity index (χ1) is 9.83. The molecule has 7 nitrogen and oxygen atoms in total. The van der Waals surface area contributed by atoms with E-state index in [9.17, 15) is 14.2 Å². The van der Waals surface area contributed by atoms with Gasteiger partial charge in [-0.25, -0.2) is 0 Å². The highest BCUT2D eigenvalue weighted by Crippen LogP contribution is 2.49. The maximum atomic E-state index is 12.3. The second-order valence-corrected chi connectivity index (χ2v) is 6.62. The van der Waals surface area contributed by atoms with E-state index in [0.717, 1.165) is 0 Å². The van der Waals surface area contributed by atoms with Gasteiger partial charge in [0.1, 0.15) is 0 Å². The summed E-state index contributed by atoms with van der Waals surface area (Å²) < 4.78 is 32.6. The highest BCUT2D eigenvalue weighted by molar-refractivity contribution is 7.53. The van der Waals surface area contributed by atoms with Gasteiger partial charge in [-0.05, 0) is 20.3 Å². The largest absolute Gasteiger partial charge is 0.465 e. The van der Waals surface area contributed by atoms with Gasteiger partial charge in [-0.15, -0.1) is 0 Å². The van der Waals surface area contributed by atoms with Gasteiger partial charge in [0.25, 0.3) is 0 Å². The molecule has 0 heterocycles. The standard InChI is InChI=1S/C13H25O7P/c1-5-19-21(16,20-6-2)8-7-13(9-17-11(3)14)10-18-12(4)15/h13H,5-10H2,1-4H3. The molecule has 0 aliphatic carbocycles. The van der Waals surface area contributed by atoms with Crippen molar-refractivity contribution in [2.45, 2.75) is 34.1 Å². The summed E-state index contributed by atoms with van der Waals surface area (Å²) in [5, 5.41) is 0. The smallest absolute Gasteiger partial charge is 0.330 e. The maximum absolute atomic E-state index is 12.3. The third kappa shape index (κ3) is 10.5. The summed E-state index contributed by atoms with van der Waals surface area (Å²) in [7, 11) is -3.15. The van der Waals surface area contributed by atoms with Crippen molar-refractivity contribution < 1.29 is 32.7 Å². The van der Waals surface area contributed by atoms with E-state index in [0.29, 0.717) is 6.42 Å². The van der Waals surface area contributed by atoms with Crippen molar-refractivity contribution in [2.75, 3.05) is 32.6 Å². The first kappa shape index (κ1) is 20.1. The van der Waals surface area contributed by atoms with Gasteiger partial charge in [0.05, 0.1) is 32.6 Å². The minimum absolute atomic E-state index is 0.0981. The van der Waals surface area contributed by atoms with Crippen LogP contribution in [0.5, 0.6) is 0 Å². The lowest BCUT2D eigenvalue weighted by Crippen LogP contribution is -2.21. The number of carbonyl (C=O) groups is 2. The van der Waals surface area contributed by atoms with Crippen LogP contribution < -0.4 is 0 Å². The summed E-state index contributed by atoms with van der Waals surface area (Å²) in [4.78, 5) is 21.7. The molecule has 124 valence electrons. The highest BCUT2D eigenvalue weighted by Gasteiger charge is 2.26. The van der Waals surface area contributed by atoms with Crippen LogP contribution in [0.2, 0.25) is 0 Å². The summed E-state index contributed by atoms with van der Waals surface area (Å²) in [6, 6.07) is 0. The molecular weight excluding hydrogens is 299 g/mol. The van der Waals surface area contributed by atoms with Crippen molar-refractivity contribution in [3.05, 3.63) is 0 Å². The number of rotatable bonds is 11. The third-order valence-corrected chi connectivity index (χ3v) is 4.62. The zero-order valence-corrected chi connectivity index (χ0v) is 14.0. The number of hydrogen-bond donors (Lipinski definition) is 0. The molecule has 0 spiro atoms. The molecule has 0 aromatic heterocycles. The Bertz CT molecular complexity index is 342. The predicted molar refractivity (Wildman–Crippen MR) is 77.1 cm³/mol. The van der Waals surface area contributed by atoms with Crippen LogP contribution in [0.1, 0.15) is 34.1 Å². The number of esters is 2. The van der Waals surface area contributed by atoms with E-state index in [4.69, 9.17) is 18.5 Å². The monoisotopic (exact) mass is 324 g/mol. The Kier molecular flexibility index (Phi) is 10.3. The van der Waals surface area contributed by atoms with Crippen molar-refractivity contribution in [1.82, 2.24) is 0 Å². The molecule has 0 saturated carbocycles. The van der Waals surface area contributed by atoms with Crippen molar-refractivity contribution in [3.63, 3.8) is 0 Å². The summed E-state index contributed by atoms with van der Waals surface area (Å²) in [6.07, 6.45) is 0.583. The number of hydrogen-bond acceptors (Lipinski definition) is 7. The fourth-order valence-corrected chi connectivity index (χ4v) is 3.39. The van der Waals surface area contributed by atoms with Crippen LogP contribution in [0, 0.1) is 5.92 Å². The summed E-state index contributed by atoms with van der Waals surface area (Å²) in [5.41, 5.74) is 0. The Morgan fingerprint density at radius 1 is 0.952 bits per heavy atom. The van der Waals surface area contributed by atoms with Gasteiger partial charge in [0, 0.05) is 19.8 Å². The van der Waals surface area contributed by atoms with Crippen LogP contribution in [-0.2, 0) is 32.7 Å². The van der Waals surface area contributed by atoms with Crippen LogP contribution >= 0.6 is 7.60 Å². The summed E-state index contributed by atoms with van der Waals surface area (Å²) in [5.74, 6) is -1.08. The second-order valence-electron chi connectivity index (χ2n) is 4.43. The third-order valence-electron chi connectivity index (χ3n) is 2.51. The zero-order chi connectivity index (χ0) is 16.3. The molecule has 21 heavy (non-hydrogen) atoms. The Balaban J connectivity index is 4.50. The molecule has 0 aromatic carbocycles. The van der Waals surface area contributed by atoms with Crippen molar-refractivity contribution >= 4 is 19.5 Å². The van der Waals surface area contributed by atoms with Gasteiger partial charge in [-0.1, -0.05) is 0 Å². The molecule has 0 bridgehead atoms. The topological polar surface area (TPSA) is 88.1 Å². The number of ether oxygens (including phenoxy) is 2.